The number of amidine groups is 1. The number of aliphatic imine (C=N–C) groups is 1. The standard InChI is InChI=1S/C10H18N2OS/c1-2-8-7-14-10(11-8)12-9-3-5-13-6-4-9/h8-9H,2-7H2,1H3,(H,11,12). The first kappa shape index (κ1) is 10.3. The van der Waals surface area contributed by atoms with Crippen molar-refractivity contribution in [2.45, 2.75) is 38.3 Å². The van der Waals surface area contributed by atoms with Gasteiger partial charge in [-0.1, -0.05) is 18.7 Å². The number of nitrogens with one attached hydrogen (secondary N) is 1. The first-order valence-corrected chi connectivity index (χ1v) is 6.42. The summed E-state index contributed by atoms with van der Waals surface area (Å²) in [7, 11) is 0. The average molecular weight is 214 g/mol. The maximum Gasteiger partial charge on any atom is 0.157 e. The van der Waals surface area contributed by atoms with Gasteiger partial charge in [0.25, 0.3) is 0 Å². The largest absolute Gasteiger partial charge is 0.381 e. The van der Waals surface area contributed by atoms with E-state index in [1.54, 1.807) is 0 Å². The highest BCUT2D eigenvalue weighted by atomic mass is 32.2. The fourth-order valence-electron chi connectivity index (χ4n) is 1.72. The Morgan fingerprint density at radius 3 is 2.93 bits per heavy atom. The number of thioether (sulfide) groups is 1. The van der Waals surface area contributed by atoms with E-state index in [0.29, 0.717) is 12.1 Å². The Balaban J connectivity index is 1.79. The van der Waals surface area contributed by atoms with Crippen molar-refractivity contribution in [3.05, 3.63) is 0 Å². The zero-order valence-electron chi connectivity index (χ0n) is 8.66. The highest BCUT2D eigenvalue weighted by Crippen LogP contribution is 2.20. The molecule has 0 aromatic rings. The van der Waals surface area contributed by atoms with Crippen molar-refractivity contribution in [3.63, 3.8) is 0 Å². The quantitative estimate of drug-likeness (QED) is 0.758. The number of nitrogens with zero attached hydrogens (tertiary/aromatic N) is 1. The topological polar surface area (TPSA) is 33.6 Å². The molecule has 1 N–H and O–H groups in total. The Morgan fingerprint density at radius 2 is 2.29 bits per heavy atom. The highest BCUT2D eigenvalue weighted by Gasteiger charge is 2.20. The van der Waals surface area contributed by atoms with E-state index in [1.165, 1.54) is 0 Å². The van der Waals surface area contributed by atoms with Crippen molar-refractivity contribution in [3.8, 4) is 0 Å². The van der Waals surface area contributed by atoms with E-state index in [9.17, 15) is 0 Å². The third-order valence-corrected chi connectivity index (χ3v) is 3.78. The van der Waals surface area contributed by atoms with Crippen LogP contribution < -0.4 is 5.32 Å². The van der Waals surface area contributed by atoms with Gasteiger partial charge in [-0.25, -0.2) is 0 Å². The summed E-state index contributed by atoms with van der Waals surface area (Å²) in [6, 6.07) is 1.13. The van der Waals surface area contributed by atoms with Gasteiger partial charge in [0.1, 0.15) is 0 Å². The Morgan fingerprint density at radius 1 is 1.50 bits per heavy atom. The Labute approximate surface area is 89.7 Å². The summed E-state index contributed by atoms with van der Waals surface area (Å²) in [5.74, 6) is 1.15. The molecule has 0 bridgehead atoms. The van der Waals surface area contributed by atoms with Gasteiger partial charge in [-0.05, 0) is 19.3 Å². The van der Waals surface area contributed by atoms with Crippen LogP contribution in [0.5, 0.6) is 0 Å². The second-order valence-corrected chi connectivity index (χ2v) is 4.85. The fraction of sp³-hybridized carbons (Fsp3) is 0.900. The zero-order chi connectivity index (χ0) is 9.80. The van der Waals surface area contributed by atoms with Crippen molar-refractivity contribution in [1.82, 2.24) is 5.32 Å². The van der Waals surface area contributed by atoms with Gasteiger partial charge < -0.3 is 10.1 Å². The molecule has 1 unspecified atom stereocenters. The molecule has 1 saturated heterocycles. The molecular formula is C10H18N2OS. The molecule has 4 heteroatoms. The van der Waals surface area contributed by atoms with E-state index in [4.69, 9.17) is 4.74 Å². The minimum absolute atomic E-state index is 0.544. The van der Waals surface area contributed by atoms with Crippen LogP contribution in [0.1, 0.15) is 26.2 Å². The maximum atomic E-state index is 5.32. The number of rotatable bonds is 2. The molecular weight excluding hydrogens is 196 g/mol. The lowest BCUT2D eigenvalue weighted by Gasteiger charge is -2.23. The van der Waals surface area contributed by atoms with Crippen LogP contribution in [0.2, 0.25) is 0 Å². The lowest BCUT2D eigenvalue weighted by molar-refractivity contribution is 0.0826. The minimum Gasteiger partial charge on any atom is -0.381 e. The van der Waals surface area contributed by atoms with Crippen LogP contribution in [0.4, 0.5) is 0 Å². The number of ether oxygens (including phenoxy) is 1. The molecule has 14 heavy (non-hydrogen) atoms. The predicted molar refractivity (Wildman–Crippen MR) is 60.9 cm³/mol. The van der Waals surface area contributed by atoms with E-state index in [0.717, 1.165) is 43.4 Å². The van der Waals surface area contributed by atoms with Gasteiger partial charge >= 0.3 is 0 Å². The molecule has 1 atom stereocenters. The minimum atomic E-state index is 0.544. The second kappa shape index (κ2) is 5.03. The van der Waals surface area contributed by atoms with Crippen LogP contribution in [0.3, 0.4) is 0 Å². The summed E-state index contributed by atoms with van der Waals surface area (Å²) in [6.07, 6.45) is 3.40. The van der Waals surface area contributed by atoms with Gasteiger partial charge in [-0.15, -0.1) is 0 Å². The molecule has 80 valence electrons. The SMILES string of the molecule is CCC1CSC(NC2CCOCC2)=N1. The number of hydrogen-bond acceptors (Lipinski definition) is 4. The third kappa shape index (κ3) is 2.64. The van der Waals surface area contributed by atoms with Gasteiger partial charge in [0.2, 0.25) is 0 Å². The second-order valence-electron chi connectivity index (χ2n) is 3.84. The smallest absolute Gasteiger partial charge is 0.157 e. The summed E-state index contributed by atoms with van der Waals surface area (Å²) in [5.41, 5.74) is 0. The molecule has 2 aliphatic heterocycles. The van der Waals surface area contributed by atoms with Crippen molar-refractivity contribution >= 4 is 16.9 Å². The monoisotopic (exact) mass is 214 g/mol. The fourth-order valence-corrected chi connectivity index (χ4v) is 2.85. The van der Waals surface area contributed by atoms with Gasteiger partial charge in [0.15, 0.2) is 5.17 Å². The van der Waals surface area contributed by atoms with Crippen LogP contribution in [0, 0.1) is 0 Å². The third-order valence-electron chi connectivity index (χ3n) is 2.73. The lowest BCUT2D eigenvalue weighted by atomic mass is 10.1. The summed E-state index contributed by atoms with van der Waals surface area (Å²) in [5, 5.41) is 4.67. The lowest BCUT2D eigenvalue weighted by Crippen LogP contribution is -2.37. The van der Waals surface area contributed by atoms with E-state index in [2.05, 4.69) is 17.2 Å². The normalized spacial score (nSPS) is 28.9. The van der Waals surface area contributed by atoms with Crippen LogP contribution in [0.15, 0.2) is 4.99 Å². The Hall–Kier alpha value is -0.220. The van der Waals surface area contributed by atoms with Crippen molar-refractivity contribution in [2.75, 3.05) is 19.0 Å². The van der Waals surface area contributed by atoms with Crippen LogP contribution >= 0.6 is 11.8 Å². The van der Waals surface area contributed by atoms with E-state index < -0.39 is 0 Å². The number of hydrogen-bond donors (Lipinski definition) is 1. The zero-order valence-corrected chi connectivity index (χ0v) is 9.48. The Bertz CT molecular complexity index is 214. The average Bonchev–Trinajstić information content (AvgIpc) is 2.67. The van der Waals surface area contributed by atoms with Crippen molar-refractivity contribution in [2.24, 2.45) is 4.99 Å². The summed E-state index contributed by atoms with van der Waals surface area (Å²) >= 11 is 1.87. The first-order valence-electron chi connectivity index (χ1n) is 5.43. The van der Waals surface area contributed by atoms with Gasteiger partial charge in [0, 0.05) is 25.0 Å². The summed E-state index contributed by atoms with van der Waals surface area (Å²) in [4.78, 5) is 4.63. The summed E-state index contributed by atoms with van der Waals surface area (Å²) in [6.45, 7) is 3.99. The molecule has 0 saturated carbocycles. The maximum absolute atomic E-state index is 5.32. The van der Waals surface area contributed by atoms with Gasteiger partial charge in [-0.2, -0.15) is 0 Å². The molecule has 2 aliphatic rings. The molecule has 3 nitrogen and oxygen atoms in total. The van der Waals surface area contributed by atoms with E-state index >= 15 is 0 Å². The molecule has 0 amide bonds. The predicted octanol–water partition coefficient (Wildman–Crippen LogP) is 1.64. The van der Waals surface area contributed by atoms with Crippen LogP contribution in [0.25, 0.3) is 0 Å². The van der Waals surface area contributed by atoms with Crippen molar-refractivity contribution < 1.29 is 4.74 Å². The Kier molecular flexibility index (Phi) is 3.70. The van der Waals surface area contributed by atoms with E-state index in [1.807, 2.05) is 11.8 Å². The molecule has 2 heterocycles. The highest BCUT2D eigenvalue weighted by molar-refractivity contribution is 8.14. The van der Waals surface area contributed by atoms with Crippen molar-refractivity contribution in [1.29, 1.82) is 0 Å². The van der Waals surface area contributed by atoms with Crippen LogP contribution in [-0.4, -0.2) is 36.2 Å². The van der Waals surface area contributed by atoms with Crippen LogP contribution in [-0.2, 0) is 4.74 Å². The molecule has 0 aromatic carbocycles. The molecule has 0 aliphatic carbocycles. The first-order chi connectivity index (χ1) is 6.88. The molecule has 2 rings (SSSR count). The molecule has 1 fully saturated rings. The van der Waals surface area contributed by atoms with E-state index in [-0.39, 0.29) is 0 Å². The molecule has 0 aromatic heterocycles. The molecule has 0 radical (unpaired) electrons. The summed E-state index contributed by atoms with van der Waals surface area (Å²) < 4.78 is 5.32. The van der Waals surface area contributed by atoms with Gasteiger partial charge in [-0.3, -0.25) is 4.99 Å². The van der Waals surface area contributed by atoms with Gasteiger partial charge in [0.05, 0.1) is 6.04 Å². The molecule has 0 spiro atoms.